The number of carbonyl (C=O) groups excluding carboxylic acids is 1. The molecule has 25 heavy (non-hydrogen) atoms. The van der Waals surface area contributed by atoms with Crippen molar-refractivity contribution < 1.29 is 13.9 Å². The van der Waals surface area contributed by atoms with Crippen LogP contribution in [0.2, 0.25) is 0 Å². The molecule has 1 aliphatic heterocycles. The van der Waals surface area contributed by atoms with E-state index < -0.39 is 0 Å². The van der Waals surface area contributed by atoms with Gasteiger partial charge >= 0.3 is 0 Å². The number of ether oxygens (including phenoxy) is 1. The lowest BCUT2D eigenvalue weighted by Crippen LogP contribution is -2.30. The molecule has 2 aromatic rings. The number of rotatable bonds is 6. The molecule has 0 saturated carbocycles. The SMILES string of the molecule is O=C(CCOc1ccccc1)Nc1cc(F)ccc1N1CCCCC1. The number of halogens is 1. The van der Waals surface area contributed by atoms with E-state index in [1.807, 2.05) is 30.3 Å². The van der Waals surface area contributed by atoms with Crippen molar-refractivity contribution in [3.63, 3.8) is 0 Å². The molecule has 1 aliphatic rings. The van der Waals surface area contributed by atoms with E-state index in [0.29, 0.717) is 5.69 Å². The summed E-state index contributed by atoms with van der Waals surface area (Å²) < 4.78 is 19.2. The second-order valence-electron chi connectivity index (χ2n) is 6.17. The number of nitrogens with zero attached hydrogens (tertiary/aromatic N) is 1. The van der Waals surface area contributed by atoms with Crippen LogP contribution in [0.5, 0.6) is 5.75 Å². The largest absolute Gasteiger partial charge is 0.493 e. The highest BCUT2D eigenvalue weighted by Gasteiger charge is 2.16. The van der Waals surface area contributed by atoms with E-state index in [-0.39, 0.29) is 24.8 Å². The first-order valence-electron chi connectivity index (χ1n) is 8.74. The van der Waals surface area contributed by atoms with Crippen LogP contribution in [0.1, 0.15) is 25.7 Å². The lowest BCUT2D eigenvalue weighted by atomic mass is 10.1. The topological polar surface area (TPSA) is 41.6 Å². The second-order valence-corrected chi connectivity index (χ2v) is 6.17. The molecule has 132 valence electrons. The fourth-order valence-electron chi connectivity index (χ4n) is 3.01. The van der Waals surface area contributed by atoms with Crippen LogP contribution in [0.4, 0.5) is 15.8 Å². The van der Waals surface area contributed by atoms with Gasteiger partial charge in [0.15, 0.2) is 0 Å². The van der Waals surface area contributed by atoms with Crippen LogP contribution in [0.3, 0.4) is 0 Å². The van der Waals surface area contributed by atoms with Gasteiger partial charge in [-0.25, -0.2) is 4.39 Å². The average Bonchev–Trinajstić information content (AvgIpc) is 2.63. The number of benzene rings is 2. The number of hydrogen-bond donors (Lipinski definition) is 1. The van der Waals surface area contributed by atoms with Gasteiger partial charge in [0, 0.05) is 13.1 Å². The molecule has 4 nitrogen and oxygen atoms in total. The first kappa shape index (κ1) is 17.3. The van der Waals surface area contributed by atoms with Crippen LogP contribution in [-0.2, 0) is 4.79 Å². The molecule has 1 heterocycles. The zero-order chi connectivity index (χ0) is 17.5. The summed E-state index contributed by atoms with van der Waals surface area (Å²) in [6, 6.07) is 13.9. The molecule has 0 bridgehead atoms. The maximum absolute atomic E-state index is 13.6. The maximum atomic E-state index is 13.6. The van der Waals surface area contributed by atoms with Gasteiger partial charge in [-0.2, -0.15) is 0 Å². The molecule has 0 spiro atoms. The van der Waals surface area contributed by atoms with Crippen molar-refractivity contribution in [3.05, 3.63) is 54.3 Å². The smallest absolute Gasteiger partial charge is 0.227 e. The summed E-state index contributed by atoms with van der Waals surface area (Å²) in [5, 5.41) is 2.83. The second kappa shape index (κ2) is 8.51. The summed E-state index contributed by atoms with van der Waals surface area (Å²) in [6.45, 7) is 2.15. The third-order valence-electron chi connectivity index (χ3n) is 4.27. The van der Waals surface area contributed by atoms with Crippen LogP contribution in [0, 0.1) is 5.82 Å². The molecule has 0 atom stereocenters. The molecular weight excluding hydrogens is 319 g/mol. The van der Waals surface area contributed by atoms with Gasteiger partial charge in [-0.05, 0) is 49.6 Å². The predicted octanol–water partition coefficient (Wildman–Crippen LogP) is 4.22. The zero-order valence-corrected chi connectivity index (χ0v) is 14.2. The van der Waals surface area contributed by atoms with Crippen molar-refractivity contribution in [3.8, 4) is 5.75 Å². The minimum Gasteiger partial charge on any atom is -0.493 e. The van der Waals surface area contributed by atoms with E-state index in [9.17, 15) is 9.18 Å². The Labute approximate surface area is 147 Å². The molecule has 0 unspecified atom stereocenters. The number of nitrogens with one attached hydrogen (secondary N) is 1. The van der Waals surface area contributed by atoms with Crippen LogP contribution in [0.25, 0.3) is 0 Å². The Morgan fingerprint density at radius 1 is 1.08 bits per heavy atom. The Morgan fingerprint density at radius 3 is 2.60 bits per heavy atom. The summed E-state index contributed by atoms with van der Waals surface area (Å²) in [6.07, 6.45) is 3.67. The van der Waals surface area contributed by atoms with Gasteiger partial charge in [-0.3, -0.25) is 4.79 Å². The Balaban J connectivity index is 1.59. The van der Waals surface area contributed by atoms with Crippen molar-refractivity contribution in [1.29, 1.82) is 0 Å². The van der Waals surface area contributed by atoms with E-state index in [2.05, 4.69) is 10.2 Å². The third-order valence-corrected chi connectivity index (χ3v) is 4.27. The average molecular weight is 342 g/mol. The fourth-order valence-corrected chi connectivity index (χ4v) is 3.01. The number of amides is 1. The monoisotopic (exact) mass is 342 g/mol. The molecule has 0 aromatic heterocycles. The lowest BCUT2D eigenvalue weighted by Gasteiger charge is -2.30. The van der Waals surface area contributed by atoms with Gasteiger partial charge in [-0.15, -0.1) is 0 Å². The summed E-state index contributed by atoms with van der Waals surface area (Å²) in [4.78, 5) is 14.4. The molecule has 2 aromatic carbocycles. The summed E-state index contributed by atoms with van der Waals surface area (Å²) in [7, 11) is 0. The predicted molar refractivity (Wildman–Crippen MR) is 97.6 cm³/mol. The fraction of sp³-hybridized carbons (Fsp3) is 0.350. The number of carbonyl (C=O) groups is 1. The molecular formula is C20H23FN2O2. The van der Waals surface area contributed by atoms with Crippen molar-refractivity contribution >= 4 is 17.3 Å². The van der Waals surface area contributed by atoms with Crippen LogP contribution < -0.4 is 15.0 Å². The lowest BCUT2D eigenvalue weighted by molar-refractivity contribution is -0.116. The highest BCUT2D eigenvalue weighted by Crippen LogP contribution is 2.29. The quantitative estimate of drug-likeness (QED) is 0.854. The molecule has 0 radical (unpaired) electrons. The molecule has 3 rings (SSSR count). The molecule has 1 amide bonds. The van der Waals surface area contributed by atoms with Crippen LogP contribution >= 0.6 is 0 Å². The first-order valence-corrected chi connectivity index (χ1v) is 8.74. The van der Waals surface area contributed by atoms with Gasteiger partial charge in [0.05, 0.1) is 24.4 Å². The highest BCUT2D eigenvalue weighted by molar-refractivity contribution is 5.94. The summed E-state index contributed by atoms with van der Waals surface area (Å²) >= 11 is 0. The van der Waals surface area contributed by atoms with Crippen LogP contribution in [0.15, 0.2) is 48.5 Å². The van der Waals surface area contributed by atoms with E-state index in [1.165, 1.54) is 18.6 Å². The Bertz CT molecular complexity index is 700. The number of anilines is 2. The maximum Gasteiger partial charge on any atom is 0.227 e. The molecule has 5 heteroatoms. The Morgan fingerprint density at radius 2 is 1.84 bits per heavy atom. The molecule has 1 fully saturated rings. The summed E-state index contributed by atoms with van der Waals surface area (Å²) in [5.74, 6) is 0.200. The molecule has 0 aliphatic carbocycles. The van der Waals surface area contributed by atoms with Crippen LogP contribution in [-0.4, -0.2) is 25.6 Å². The van der Waals surface area contributed by atoms with Gasteiger partial charge < -0.3 is 15.0 Å². The minimum atomic E-state index is -0.350. The van der Waals surface area contributed by atoms with E-state index >= 15 is 0 Å². The minimum absolute atomic E-state index is 0.181. The summed E-state index contributed by atoms with van der Waals surface area (Å²) in [5.41, 5.74) is 1.42. The van der Waals surface area contributed by atoms with E-state index in [4.69, 9.17) is 4.74 Å². The third kappa shape index (κ3) is 4.95. The van der Waals surface area contributed by atoms with Gasteiger partial charge in [0.25, 0.3) is 0 Å². The normalized spacial score (nSPS) is 14.2. The molecule has 1 saturated heterocycles. The standard InChI is InChI=1S/C20H23FN2O2/c21-16-9-10-19(23-12-5-2-6-13-23)18(15-16)22-20(24)11-14-25-17-7-3-1-4-8-17/h1,3-4,7-10,15H,2,5-6,11-14H2,(H,22,24). The van der Waals surface area contributed by atoms with Gasteiger partial charge in [0.1, 0.15) is 11.6 Å². The Kier molecular flexibility index (Phi) is 5.88. The number of para-hydroxylation sites is 1. The van der Waals surface area contributed by atoms with Gasteiger partial charge in [0.2, 0.25) is 5.91 Å². The van der Waals surface area contributed by atoms with E-state index in [0.717, 1.165) is 37.4 Å². The van der Waals surface area contributed by atoms with Crippen molar-refractivity contribution in [2.24, 2.45) is 0 Å². The van der Waals surface area contributed by atoms with Crippen molar-refractivity contribution in [2.45, 2.75) is 25.7 Å². The van der Waals surface area contributed by atoms with E-state index in [1.54, 1.807) is 6.07 Å². The number of hydrogen-bond acceptors (Lipinski definition) is 3. The molecule has 1 N–H and O–H groups in total. The van der Waals surface area contributed by atoms with Crippen molar-refractivity contribution in [2.75, 3.05) is 29.9 Å². The van der Waals surface area contributed by atoms with Crippen molar-refractivity contribution in [1.82, 2.24) is 0 Å². The highest BCUT2D eigenvalue weighted by atomic mass is 19.1. The van der Waals surface area contributed by atoms with Gasteiger partial charge in [-0.1, -0.05) is 18.2 Å². The number of piperidine rings is 1. The zero-order valence-electron chi connectivity index (χ0n) is 14.2. The Hall–Kier alpha value is -2.56. The first-order chi connectivity index (χ1) is 12.2.